The molecule has 33 heavy (non-hydrogen) atoms. The topological polar surface area (TPSA) is 82.0 Å². The summed E-state index contributed by atoms with van der Waals surface area (Å²) in [6.07, 6.45) is 3.33. The van der Waals surface area contributed by atoms with E-state index in [0.717, 1.165) is 35.2 Å². The van der Waals surface area contributed by atoms with Crippen LogP contribution in [-0.2, 0) is 13.5 Å². The van der Waals surface area contributed by atoms with Crippen LogP contribution in [0, 0.1) is 6.92 Å². The zero-order chi connectivity index (χ0) is 23.3. The molecule has 0 saturated carbocycles. The molecule has 0 radical (unpaired) electrons. The third-order valence-electron chi connectivity index (χ3n) is 6.31. The van der Waals surface area contributed by atoms with Gasteiger partial charge in [-0.1, -0.05) is 0 Å². The molecule has 0 bridgehead atoms. The minimum Gasteiger partial charge on any atom is -0.374 e. The summed E-state index contributed by atoms with van der Waals surface area (Å²) in [4.78, 5) is 10.0. The fraction of sp³-hybridized carbons (Fsp3) is 0.333. The van der Waals surface area contributed by atoms with E-state index in [2.05, 4.69) is 15.4 Å². The maximum atomic E-state index is 14.1. The Morgan fingerprint density at radius 1 is 1.21 bits per heavy atom. The fourth-order valence-electron chi connectivity index (χ4n) is 4.64. The van der Waals surface area contributed by atoms with Crippen LogP contribution in [0.5, 0.6) is 0 Å². The number of benzene rings is 1. The number of aromatic nitrogens is 4. The Hall–Kier alpha value is -3.30. The summed E-state index contributed by atoms with van der Waals surface area (Å²) in [6, 6.07) is 5.43. The highest BCUT2D eigenvalue weighted by atomic mass is 19.3. The molecular formula is C24H26F2N6O. The van der Waals surface area contributed by atoms with Gasteiger partial charge in [-0.25, -0.2) is 13.8 Å². The quantitative estimate of drug-likeness (QED) is 0.389. The maximum absolute atomic E-state index is 14.1. The first-order valence-electron chi connectivity index (χ1n) is 10.9. The number of alkyl halides is 2. The van der Waals surface area contributed by atoms with Crippen molar-refractivity contribution in [1.29, 1.82) is 0 Å². The molecule has 1 atom stereocenters. The van der Waals surface area contributed by atoms with E-state index in [-0.39, 0.29) is 5.56 Å². The van der Waals surface area contributed by atoms with E-state index in [0.29, 0.717) is 34.6 Å². The predicted octanol–water partition coefficient (Wildman–Crippen LogP) is 4.50. The number of hydrogen-bond donors (Lipinski definition) is 3. The number of H-pyrrole nitrogens is 1. The van der Waals surface area contributed by atoms with Gasteiger partial charge >= 0.3 is 0 Å². The second-order valence-corrected chi connectivity index (χ2v) is 8.48. The molecule has 3 aromatic heterocycles. The zero-order valence-corrected chi connectivity index (χ0v) is 18.7. The summed E-state index contributed by atoms with van der Waals surface area (Å²) in [5, 5.41) is 17.3. The van der Waals surface area contributed by atoms with E-state index >= 15 is 0 Å². The Kier molecular flexibility index (Phi) is 5.38. The highest BCUT2D eigenvalue weighted by Crippen LogP contribution is 2.41. The van der Waals surface area contributed by atoms with Crippen molar-refractivity contribution in [2.24, 2.45) is 7.05 Å². The maximum Gasteiger partial charge on any atom is 0.264 e. The Bertz CT molecular complexity index is 1330. The van der Waals surface area contributed by atoms with Crippen LogP contribution >= 0.6 is 0 Å². The monoisotopic (exact) mass is 452 g/mol. The van der Waals surface area contributed by atoms with Gasteiger partial charge in [0.25, 0.3) is 6.43 Å². The van der Waals surface area contributed by atoms with Crippen LogP contribution in [0.1, 0.15) is 41.3 Å². The molecule has 4 heterocycles. The van der Waals surface area contributed by atoms with E-state index in [1.54, 1.807) is 43.4 Å². The number of aryl methyl sites for hydroxylation is 3. The highest BCUT2D eigenvalue weighted by molar-refractivity contribution is 5.86. The first-order chi connectivity index (χ1) is 15.9. The minimum absolute atomic E-state index is 0.0145. The molecule has 1 aliphatic heterocycles. The second kappa shape index (κ2) is 8.24. The van der Waals surface area contributed by atoms with Crippen LogP contribution < -0.4 is 10.2 Å². The normalized spacial score (nSPS) is 14.8. The highest BCUT2D eigenvalue weighted by Gasteiger charge is 2.26. The van der Waals surface area contributed by atoms with E-state index in [9.17, 15) is 13.9 Å². The molecule has 0 spiro atoms. The van der Waals surface area contributed by atoms with Crippen molar-refractivity contribution in [3.8, 4) is 11.1 Å². The molecular weight excluding hydrogens is 426 g/mol. The summed E-state index contributed by atoms with van der Waals surface area (Å²) in [6.45, 7) is 2.65. The van der Waals surface area contributed by atoms with Crippen LogP contribution in [0.25, 0.3) is 22.2 Å². The average molecular weight is 453 g/mol. The van der Waals surface area contributed by atoms with Crippen molar-refractivity contribution < 1.29 is 13.9 Å². The number of aromatic amines is 1. The molecule has 0 aliphatic carbocycles. The number of rotatable bonds is 5. The number of pyridine rings is 1. The van der Waals surface area contributed by atoms with Crippen molar-refractivity contribution in [3.05, 3.63) is 59.0 Å². The summed E-state index contributed by atoms with van der Waals surface area (Å²) < 4.78 is 29.9. The molecule has 9 heteroatoms. The molecule has 3 N–H and O–H groups in total. The number of halogens is 2. The third-order valence-corrected chi connectivity index (χ3v) is 6.31. The number of aliphatic hydroxyl groups excluding tert-OH is 1. The van der Waals surface area contributed by atoms with Gasteiger partial charge in [-0.15, -0.1) is 0 Å². The second-order valence-electron chi connectivity index (χ2n) is 8.48. The number of anilines is 2. The van der Waals surface area contributed by atoms with Crippen LogP contribution in [0.2, 0.25) is 0 Å². The molecule has 5 rings (SSSR count). The van der Waals surface area contributed by atoms with Crippen LogP contribution in [0.15, 0.2) is 36.8 Å². The Morgan fingerprint density at radius 3 is 2.73 bits per heavy atom. The van der Waals surface area contributed by atoms with Crippen molar-refractivity contribution in [2.75, 3.05) is 18.5 Å². The molecule has 0 amide bonds. The largest absolute Gasteiger partial charge is 0.374 e. The van der Waals surface area contributed by atoms with Gasteiger partial charge in [0.2, 0.25) is 0 Å². The standard InChI is InChI=1S/C24H26F2N6O/c1-13-7-20(30-22-18(24(33)27-2)11-28-21(13)22)32-6-4-5-14-8-16(15-10-29-31(3)12-15)17(23(25)26)9-19(14)32/h7-12,23-24,27-28,33H,4-6H2,1-3H3. The summed E-state index contributed by atoms with van der Waals surface area (Å²) in [7, 11) is 3.45. The van der Waals surface area contributed by atoms with Gasteiger partial charge in [0, 0.05) is 48.4 Å². The molecule has 1 unspecified atom stereocenters. The Labute approximate surface area is 190 Å². The lowest BCUT2D eigenvalue weighted by Gasteiger charge is -2.32. The van der Waals surface area contributed by atoms with Crippen LogP contribution in [-0.4, -0.2) is 38.4 Å². The van der Waals surface area contributed by atoms with Gasteiger partial charge in [-0.3, -0.25) is 10.00 Å². The molecule has 7 nitrogen and oxygen atoms in total. The fourth-order valence-corrected chi connectivity index (χ4v) is 4.64. The number of nitrogens with zero attached hydrogens (tertiary/aromatic N) is 4. The number of hydrogen-bond acceptors (Lipinski definition) is 5. The van der Waals surface area contributed by atoms with E-state index in [1.165, 1.54) is 0 Å². The molecule has 0 saturated heterocycles. The Balaban J connectivity index is 1.65. The third kappa shape index (κ3) is 3.67. The number of nitrogens with one attached hydrogen (secondary N) is 2. The van der Waals surface area contributed by atoms with E-state index in [4.69, 9.17) is 4.98 Å². The number of aliphatic hydroxyl groups is 1. The lowest BCUT2D eigenvalue weighted by Crippen LogP contribution is -2.26. The first kappa shape index (κ1) is 21.5. The average Bonchev–Trinajstić information content (AvgIpc) is 3.43. The van der Waals surface area contributed by atoms with Crippen molar-refractivity contribution in [1.82, 2.24) is 25.1 Å². The minimum atomic E-state index is -2.62. The van der Waals surface area contributed by atoms with Crippen molar-refractivity contribution in [2.45, 2.75) is 32.4 Å². The van der Waals surface area contributed by atoms with Crippen molar-refractivity contribution in [3.63, 3.8) is 0 Å². The SMILES string of the molecule is CNC(O)c1c[nH]c2c(C)cc(N3CCCc4cc(-c5cnn(C)c5)c(C(F)F)cc43)nc12. The van der Waals surface area contributed by atoms with Gasteiger partial charge in [0.05, 0.1) is 17.2 Å². The lowest BCUT2D eigenvalue weighted by molar-refractivity contribution is 0.150. The molecule has 4 aromatic rings. The Morgan fingerprint density at radius 2 is 2.03 bits per heavy atom. The molecule has 172 valence electrons. The summed E-state index contributed by atoms with van der Waals surface area (Å²) >= 11 is 0. The first-order valence-corrected chi connectivity index (χ1v) is 10.9. The van der Waals surface area contributed by atoms with Crippen LogP contribution in [0.4, 0.5) is 20.3 Å². The van der Waals surface area contributed by atoms with Gasteiger partial charge in [-0.2, -0.15) is 5.10 Å². The zero-order valence-electron chi connectivity index (χ0n) is 18.7. The van der Waals surface area contributed by atoms with Gasteiger partial charge in [-0.05, 0) is 61.7 Å². The van der Waals surface area contributed by atoms with Gasteiger partial charge in [0.1, 0.15) is 12.0 Å². The number of fused-ring (bicyclic) bond motifs is 2. The summed E-state index contributed by atoms with van der Waals surface area (Å²) in [5.74, 6) is 0.680. The van der Waals surface area contributed by atoms with E-state index in [1.807, 2.05) is 24.0 Å². The molecule has 0 fully saturated rings. The smallest absolute Gasteiger partial charge is 0.264 e. The predicted molar refractivity (Wildman–Crippen MR) is 124 cm³/mol. The lowest BCUT2D eigenvalue weighted by atomic mass is 9.93. The molecule has 1 aromatic carbocycles. The van der Waals surface area contributed by atoms with Gasteiger partial charge in [0.15, 0.2) is 0 Å². The van der Waals surface area contributed by atoms with Gasteiger partial charge < -0.3 is 15.0 Å². The van der Waals surface area contributed by atoms with Crippen LogP contribution in [0.3, 0.4) is 0 Å². The van der Waals surface area contributed by atoms with E-state index < -0.39 is 12.7 Å². The van der Waals surface area contributed by atoms with Crippen molar-refractivity contribution >= 4 is 22.5 Å². The summed E-state index contributed by atoms with van der Waals surface area (Å²) in [5.41, 5.74) is 6.08. The molecule has 1 aliphatic rings.